The summed E-state index contributed by atoms with van der Waals surface area (Å²) >= 11 is 12.7. The maximum absolute atomic E-state index is 15.0. The van der Waals surface area contributed by atoms with E-state index in [9.17, 15) is 9.59 Å². The average Bonchev–Trinajstić information content (AvgIpc) is 3.83. The molecule has 0 radical (unpaired) electrons. The molecule has 54 heavy (non-hydrogen) atoms. The first-order valence-corrected chi connectivity index (χ1v) is 18.4. The number of halogens is 2. The molecule has 2 N–H and O–H groups in total. The summed E-state index contributed by atoms with van der Waals surface area (Å²) in [7, 11) is 3.17. The van der Waals surface area contributed by atoms with Crippen molar-refractivity contribution in [1.29, 1.82) is 0 Å². The molecule has 2 saturated heterocycles. The van der Waals surface area contributed by atoms with Crippen molar-refractivity contribution in [3.63, 3.8) is 0 Å². The topological polar surface area (TPSA) is 114 Å². The molecule has 2 aromatic heterocycles. The van der Waals surface area contributed by atoms with E-state index in [2.05, 4.69) is 9.97 Å². The first-order valence-electron chi connectivity index (χ1n) is 17.7. The number of aromatic nitrogens is 2. The van der Waals surface area contributed by atoms with Gasteiger partial charge in [-0.3, -0.25) is 9.59 Å². The van der Waals surface area contributed by atoms with Crippen molar-refractivity contribution in [2.45, 2.75) is 12.1 Å². The molecule has 0 bridgehead atoms. The van der Waals surface area contributed by atoms with Gasteiger partial charge in [-0.2, -0.15) is 0 Å². The normalized spacial score (nSPS) is 17.6. The third-order valence-electron chi connectivity index (χ3n) is 10.4. The number of nitrogens with one attached hydrogen (secondary N) is 2. The van der Waals surface area contributed by atoms with Crippen LogP contribution in [-0.2, 0) is 0 Å². The van der Waals surface area contributed by atoms with E-state index < -0.39 is 12.1 Å². The molecule has 2 atom stereocenters. The Balaban J connectivity index is 1.13. The van der Waals surface area contributed by atoms with Crippen LogP contribution in [0.25, 0.3) is 21.8 Å². The summed E-state index contributed by atoms with van der Waals surface area (Å²) in [4.78, 5) is 57.0. The number of amides is 4. The van der Waals surface area contributed by atoms with Gasteiger partial charge in [-0.15, -0.1) is 0 Å². The van der Waals surface area contributed by atoms with E-state index in [4.69, 9.17) is 32.7 Å². The summed E-state index contributed by atoms with van der Waals surface area (Å²) in [6.07, 6.45) is 0. The molecule has 0 spiro atoms. The Kier molecular flexibility index (Phi) is 9.59. The first-order chi connectivity index (χ1) is 26.2. The van der Waals surface area contributed by atoms with E-state index in [1.807, 2.05) is 58.3 Å². The summed E-state index contributed by atoms with van der Waals surface area (Å²) in [5, 5.41) is 3.07. The lowest BCUT2D eigenvalue weighted by atomic mass is 10.0. The molecule has 276 valence electrons. The molecule has 2 fully saturated rings. The predicted molar refractivity (Wildman–Crippen MR) is 209 cm³/mol. The molecule has 4 heterocycles. The quantitative estimate of drug-likeness (QED) is 0.180. The van der Waals surface area contributed by atoms with Crippen LogP contribution in [-0.4, -0.2) is 101 Å². The second kappa shape index (κ2) is 14.6. The molecule has 4 amide bonds. The SMILES string of the molecule is COc1ccc(C(=O)N2CCN(C(=O)N3CCN(C(=O)c4ccc(OC)cc4)CC3c3cc4ccc(Cl)cc4[nH]3)C(c3cc4ccc(Cl)cc4[nH]3)C2)cc1. The molecule has 2 unspecified atom stereocenters. The van der Waals surface area contributed by atoms with E-state index in [0.29, 0.717) is 58.9 Å². The highest BCUT2D eigenvalue weighted by molar-refractivity contribution is 6.31. The highest BCUT2D eigenvalue weighted by Crippen LogP contribution is 2.35. The zero-order valence-corrected chi connectivity index (χ0v) is 31.2. The van der Waals surface area contributed by atoms with Crippen LogP contribution in [0, 0.1) is 0 Å². The van der Waals surface area contributed by atoms with Crippen LogP contribution in [0.4, 0.5) is 4.79 Å². The second-order valence-corrected chi connectivity index (χ2v) is 14.4. The monoisotopic (exact) mass is 764 g/mol. The van der Waals surface area contributed by atoms with Gasteiger partial charge in [0.2, 0.25) is 0 Å². The van der Waals surface area contributed by atoms with Gasteiger partial charge in [0.15, 0.2) is 0 Å². The number of methoxy groups -OCH3 is 2. The fourth-order valence-corrected chi connectivity index (χ4v) is 7.87. The van der Waals surface area contributed by atoms with Crippen molar-refractivity contribution in [3.05, 3.63) is 130 Å². The van der Waals surface area contributed by atoms with Gasteiger partial charge in [0.1, 0.15) is 11.5 Å². The van der Waals surface area contributed by atoms with Gasteiger partial charge in [-0.1, -0.05) is 35.3 Å². The number of fused-ring (bicyclic) bond motifs is 2. The molecule has 0 aliphatic carbocycles. The third-order valence-corrected chi connectivity index (χ3v) is 10.9. The van der Waals surface area contributed by atoms with Crippen molar-refractivity contribution in [3.8, 4) is 11.5 Å². The molecular formula is C41H38Cl2N6O5. The lowest BCUT2D eigenvalue weighted by Gasteiger charge is -2.47. The van der Waals surface area contributed by atoms with Crippen LogP contribution in [0.15, 0.2) is 97.1 Å². The van der Waals surface area contributed by atoms with E-state index in [0.717, 1.165) is 33.2 Å². The highest BCUT2D eigenvalue weighted by Gasteiger charge is 2.41. The van der Waals surface area contributed by atoms with Crippen LogP contribution in [0.3, 0.4) is 0 Å². The van der Waals surface area contributed by atoms with Crippen molar-refractivity contribution < 1.29 is 23.9 Å². The number of aromatic amines is 2. The van der Waals surface area contributed by atoms with Gasteiger partial charge in [-0.05, 0) is 95.7 Å². The Hall–Kier alpha value is -5.65. The zero-order valence-electron chi connectivity index (χ0n) is 29.7. The van der Waals surface area contributed by atoms with Crippen molar-refractivity contribution >= 4 is 62.9 Å². The fraction of sp³-hybridized carbons (Fsp3) is 0.244. The Morgan fingerprint density at radius 1 is 0.574 bits per heavy atom. The lowest BCUT2D eigenvalue weighted by molar-refractivity contribution is 0.0318. The third kappa shape index (κ3) is 6.81. The fourth-order valence-electron chi connectivity index (χ4n) is 7.52. The highest BCUT2D eigenvalue weighted by atomic mass is 35.5. The van der Waals surface area contributed by atoms with Gasteiger partial charge in [0.05, 0.1) is 26.3 Å². The largest absolute Gasteiger partial charge is 0.497 e. The smallest absolute Gasteiger partial charge is 0.321 e. The summed E-state index contributed by atoms with van der Waals surface area (Å²) in [6.45, 7) is 1.80. The van der Waals surface area contributed by atoms with E-state index in [1.54, 1.807) is 72.6 Å². The summed E-state index contributed by atoms with van der Waals surface area (Å²) in [6, 6.07) is 28.2. The van der Waals surface area contributed by atoms with Crippen molar-refractivity contribution in [1.82, 2.24) is 29.6 Å². The minimum atomic E-state index is -0.499. The number of nitrogens with zero attached hydrogens (tertiary/aromatic N) is 4. The molecule has 2 aliphatic rings. The minimum Gasteiger partial charge on any atom is -0.497 e. The minimum absolute atomic E-state index is 0.130. The summed E-state index contributed by atoms with van der Waals surface area (Å²) in [5.74, 6) is 1.06. The lowest BCUT2D eigenvalue weighted by Crippen LogP contribution is -2.59. The number of carbonyl (C=O) groups excluding carboxylic acids is 3. The zero-order chi connectivity index (χ0) is 37.5. The Morgan fingerprint density at radius 3 is 1.37 bits per heavy atom. The molecule has 13 heteroatoms. The maximum atomic E-state index is 15.0. The molecule has 11 nitrogen and oxygen atoms in total. The van der Waals surface area contributed by atoms with E-state index in [-0.39, 0.29) is 30.9 Å². The van der Waals surface area contributed by atoms with Crippen LogP contribution in [0.2, 0.25) is 10.0 Å². The standard InChI is InChI=1S/C41H38Cl2N6O5/c1-53-31-11-5-25(6-12-31)39(50)46-15-17-48(37(23-46)35-19-27-3-9-29(42)21-33(27)44-35)41(52)49-18-16-47(40(51)26-7-13-32(54-2)14-8-26)24-38(49)36-20-28-4-10-30(43)22-34(28)45-36/h3-14,19-22,37-38,44-45H,15-18,23-24H2,1-2H3. The molecule has 2 aliphatic heterocycles. The number of hydrogen-bond acceptors (Lipinski definition) is 5. The number of ether oxygens (including phenoxy) is 2. The van der Waals surface area contributed by atoms with E-state index >= 15 is 4.79 Å². The van der Waals surface area contributed by atoms with Crippen molar-refractivity contribution in [2.75, 3.05) is 53.5 Å². The average molecular weight is 766 g/mol. The Morgan fingerprint density at radius 2 is 0.981 bits per heavy atom. The summed E-state index contributed by atoms with van der Waals surface area (Å²) in [5.41, 5.74) is 4.33. The Labute approximate surface area is 321 Å². The number of urea groups is 1. The van der Waals surface area contributed by atoms with Crippen molar-refractivity contribution in [2.24, 2.45) is 0 Å². The number of rotatable bonds is 6. The summed E-state index contributed by atoms with van der Waals surface area (Å²) < 4.78 is 10.6. The molecule has 8 rings (SSSR count). The number of H-pyrrole nitrogens is 2. The number of piperazine rings is 2. The van der Waals surface area contributed by atoms with E-state index in [1.165, 1.54) is 0 Å². The number of benzene rings is 4. The molecule has 0 saturated carbocycles. The van der Waals surface area contributed by atoms with Gasteiger partial charge in [0, 0.05) is 82.9 Å². The van der Waals surface area contributed by atoms with Gasteiger partial charge >= 0.3 is 6.03 Å². The number of carbonyl (C=O) groups is 3. The van der Waals surface area contributed by atoms with Crippen LogP contribution >= 0.6 is 23.2 Å². The Bertz CT molecular complexity index is 2190. The van der Waals surface area contributed by atoms with Crippen LogP contribution < -0.4 is 9.47 Å². The molecular weight excluding hydrogens is 727 g/mol. The van der Waals surface area contributed by atoms with Crippen LogP contribution in [0.5, 0.6) is 11.5 Å². The predicted octanol–water partition coefficient (Wildman–Crippen LogP) is 7.79. The van der Waals surface area contributed by atoms with Gasteiger partial charge in [-0.25, -0.2) is 4.79 Å². The van der Waals surface area contributed by atoms with Gasteiger partial charge in [0.25, 0.3) is 11.8 Å². The molecule has 6 aromatic rings. The molecule has 4 aromatic carbocycles. The maximum Gasteiger partial charge on any atom is 0.321 e. The number of hydrogen-bond donors (Lipinski definition) is 2. The van der Waals surface area contributed by atoms with Crippen LogP contribution in [0.1, 0.15) is 44.2 Å². The van der Waals surface area contributed by atoms with Gasteiger partial charge < -0.3 is 39.0 Å². The first kappa shape index (κ1) is 35.4. The second-order valence-electron chi connectivity index (χ2n) is 13.6.